The van der Waals surface area contributed by atoms with Gasteiger partial charge in [0, 0.05) is 6.54 Å². The number of halogens is 1. The average Bonchev–Trinajstić information content (AvgIpc) is 3.16. The van der Waals surface area contributed by atoms with Crippen LogP contribution in [0, 0.1) is 0 Å². The molecule has 27 heavy (non-hydrogen) atoms. The van der Waals surface area contributed by atoms with Gasteiger partial charge in [-0.15, -0.1) is 11.3 Å². The van der Waals surface area contributed by atoms with Gasteiger partial charge in [-0.1, -0.05) is 91.0 Å². The van der Waals surface area contributed by atoms with Gasteiger partial charge in [-0.25, -0.2) is 0 Å². The largest absolute Gasteiger partial charge is 0.296 e. The van der Waals surface area contributed by atoms with Crippen molar-refractivity contribution in [2.45, 2.75) is 12.1 Å². The van der Waals surface area contributed by atoms with Gasteiger partial charge in [0.15, 0.2) is 0 Å². The Bertz CT molecular complexity index is 884. The molecule has 1 heterocycles. The Balaban J connectivity index is 1.90. The molecule has 0 bridgehead atoms. The zero-order chi connectivity index (χ0) is 18.5. The van der Waals surface area contributed by atoms with E-state index < -0.39 is 5.54 Å². The van der Waals surface area contributed by atoms with Crippen molar-refractivity contribution < 1.29 is 0 Å². The summed E-state index contributed by atoms with van der Waals surface area (Å²) >= 11 is 5.40. The first kappa shape index (κ1) is 18.2. The summed E-state index contributed by atoms with van der Waals surface area (Å²) in [6, 6.07) is 34.3. The Labute approximate surface area is 172 Å². The first-order valence-electron chi connectivity index (χ1n) is 8.94. The third-order valence-electron chi connectivity index (χ3n) is 4.86. The molecule has 0 amide bonds. The van der Waals surface area contributed by atoms with Gasteiger partial charge < -0.3 is 0 Å². The lowest BCUT2D eigenvalue weighted by molar-refractivity contribution is 0.471. The normalized spacial score (nSPS) is 11.4. The van der Waals surface area contributed by atoms with Crippen LogP contribution in [0.1, 0.15) is 22.3 Å². The molecule has 4 rings (SSSR count). The topological polar surface area (TPSA) is 12.0 Å². The Morgan fingerprint density at radius 3 is 1.48 bits per heavy atom. The summed E-state index contributed by atoms with van der Waals surface area (Å²) < 4.78 is 1.18. The number of benzene rings is 3. The van der Waals surface area contributed by atoms with Crippen molar-refractivity contribution in [3.8, 4) is 0 Å². The number of hydrogen-bond acceptors (Lipinski definition) is 2. The van der Waals surface area contributed by atoms with Gasteiger partial charge in [-0.05, 0) is 49.6 Å². The second kappa shape index (κ2) is 8.22. The Morgan fingerprint density at radius 2 is 1.11 bits per heavy atom. The predicted molar refractivity (Wildman–Crippen MR) is 118 cm³/mol. The fraction of sp³-hybridized carbons (Fsp3) is 0.0833. The first-order valence-corrected chi connectivity index (χ1v) is 10.6. The summed E-state index contributed by atoms with van der Waals surface area (Å²) in [7, 11) is 0. The highest BCUT2D eigenvalue weighted by Gasteiger charge is 2.35. The molecule has 0 saturated carbocycles. The van der Waals surface area contributed by atoms with E-state index in [2.05, 4.69) is 124 Å². The molecule has 1 N–H and O–H groups in total. The maximum atomic E-state index is 3.90. The molecule has 4 aromatic rings. The van der Waals surface area contributed by atoms with Crippen LogP contribution in [0.15, 0.2) is 106 Å². The van der Waals surface area contributed by atoms with Crippen molar-refractivity contribution in [1.29, 1.82) is 0 Å². The minimum atomic E-state index is -0.425. The van der Waals surface area contributed by atoms with Crippen LogP contribution >= 0.6 is 27.3 Å². The van der Waals surface area contributed by atoms with Crippen LogP contribution in [-0.4, -0.2) is 0 Å². The number of thiophene rings is 1. The molecular weight excluding hydrogens is 414 g/mol. The third-order valence-corrected chi connectivity index (χ3v) is 6.67. The van der Waals surface area contributed by atoms with Crippen molar-refractivity contribution in [3.05, 3.63) is 128 Å². The molecular formula is C24H20BrNS. The molecule has 0 saturated heterocycles. The summed E-state index contributed by atoms with van der Waals surface area (Å²) in [4.78, 5) is 0. The molecule has 0 radical (unpaired) electrons. The van der Waals surface area contributed by atoms with Crippen molar-refractivity contribution >= 4 is 27.3 Å². The summed E-state index contributed by atoms with van der Waals surface area (Å²) in [5.41, 5.74) is 4.54. The molecule has 3 aromatic carbocycles. The van der Waals surface area contributed by atoms with E-state index in [-0.39, 0.29) is 0 Å². The minimum Gasteiger partial charge on any atom is -0.296 e. The van der Waals surface area contributed by atoms with Crippen molar-refractivity contribution in [1.82, 2.24) is 5.32 Å². The fourth-order valence-electron chi connectivity index (χ4n) is 3.54. The van der Waals surface area contributed by atoms with E-state index in [1.54, 1.807) is 11.3 Å². The van der Waals surface area contributed by atoms with E-state index in [9.17, 15) is 0 Å². The highest BCUT2D eigenvalue weighted by Crippen LogP contribution is 2.37. The number of rotatable bonds is 6. The number of hydrogen-bond donors (Lipinski definition) is 1. The molecule has 0 atom stereocenters. The molecule has 134 valence electrons. The Kier molecular flexibility index (Phi) is 5.53. The summed E-state index contributed by atoms with van der Waals surface area (Å²) in [5.74, 6) is 0. The smallest absolute Gasteiger partial charge is 0.0950 e. The molecule has 0 unspecified atom stereocenters. The maximum Gasteiger partial charge on any atom is 0.0950 e. The molecule has 1 aromatic heterocycles. The van der Waals surface area contributed by atoms with Crippen LogP contribution in [0.5, 0.6) is 0 Å². The van der Waals surface area contributed by atoms with Crippen LogP contribution in [0.3, 0.4) is 0 Å². The van der Waals surface area contributed by atoms with Gasteiger partial charge in [-0.2, -0.15) is 0 Å². The van der Waals surface area contributed by atoms with Gasteiger partial charge in [0.25, 0.3) is 0 Å². The Hall–Kier alpha value is -2.20. The minimum absolute atomic E-state index is 0.425. The quantitative estimate of drug-likeness (QED) is 0.338. The zero-order valence-corrected chi connectivity index (χ0v) is 17.2. The first-order chi connectivity index (χ1) is 13.3. The van der Waals surface area contributed by atoms with E-state index in [0.29, 0.717) is 0 Å². The SMILES string of the molecule is Brc1sccc1CNC(c1ccccc1)(c1ccccc1)c1ccccc1. The highest BCUT2D eigenvalue weighted by molar-refractivity contribution is 9.11. The van der Waals surface area contributed by atoms with Gasteiger partial charge in [0.1, 0.15) is 0 Å². The maximum absolute atomic E-state index is 3.90. The second-order valence-electron chi connectivity index (χ2n) is 6.42. The number of nitrogens with one attached hydrogen (secondary N) is 1. The van der Waals surface area contributed by atoms with Crippen LogP contribution in [0.2, 0.25) is 0 Å². The van der Waals surface area contributed by atoms with E-state index in [1.165, 1.54) is 26.0 Å². The Morgan fingerprint density at radius 1 is 0.667 bits per heavy atom. The molecule has 0 aliphatic rings. The summed E-state index contributed by atoms with van der Waals surface area (Å²) in [5, 5.41) is 6.02. The predicted octanol–water partition coefficient (Wildman–Crippen LogP) is 6.59. The highest BCUT2D eigenvalue weighted by atomic mass is 79.9. The standard InChI is InChI=1S/C24H20BrNS/c25-23-19(16-17-27-23)18-26-24(20-10-4-1-5-11-20,21-12-6-2-7-13-21)22-14-8-3-9-15-22/h1-17,26H,18H2. The lowest BCUT2D eigenvalue weighted by Gasteiger charge is -2.37. The zero-order valence-electron chi connectivity index (χ0n) is 14.8. The van der Waals surface area contributed by atoms with Crippen LogP contribution in [-0.2, 0) is 12.1 Å². The second-order valence-corrected chi connectivity index (χ2v) is 8.66. The van der Waals surface area contributed by atoms with Crippen LogP contribution in [0.4, 0.5) is 0 Å². The average molecular weight is 434 g/mol. The fourth-order valence-corrected chi connectivity index (χ4v) is 4.78. The van der Waals surface area contributed by atoms with Gasteiger partial charge in [0.2, 0.25) is 0 Å². The summed E-state index contributed by atoms with van der Waals surface area (Å²) in [6.07, 6.45) is 0. The third kappa shape index (κ3) is 3.63. The van der Waals surface area contributed by atoms with Gasteiger partial charge >= 0.3 is 0 Å². The lowest BCUT2D eigenvalue weighted by Crippen LogP contribution is -2.44. The van der Waals surface area contributed by atoms with E-state index >= 15 is 0 Å². The molecule has 0 fully saturated rings. The van der Waals surface area contributed by atoms with Crippen molar-refractivity contribution in [2.75, 3.05) is 0 Å². The van der Waals surface area contributed by atoms with Crippen LogP contribution < -0.4 is 5.32 Å². The van der Waals surface area contributed by atoms with E-state index in [4.69, 9.17) is 0 Å². The molecule has 0 aliphatic heterocycles. The van der Waals surface area contributed by atoms with Crippen molar-refractivity contribution in [3.63, 3.8) is 0 Å². The van der Waals surface area contributed by atoms with E-state index in [0.717, 1.165) is 6.54 Å². The molecule has 1 nitrogen and oxygen atoms in total. The van der Waals surface area contributed by atoms with Crippen molar-refractivity contribution in [2.24, 2.45) is 0 Å². The molecule has 0 spiro atoms. The van der Waals surface area contributed by atoms with Crippen LogP contribution in [0.25, 0.3) is 0 Å². The molecule has 0 aliphatic carbocycles. The van der Waals surface area contributed by atoms with Gasteiger partial charge in [0.05, 0.1) is 9.33 Å². The van der Waals surface area contributed by atoms with Gasteiger partial charge in [-0.3, -0.25) is 5.32 Å². The monoisotopic (exact) mass is 433 g/mol. The lowest BCUT2D eigenvalue weighted by atomic mass is 9.77. The molecule has 3 heteroatoms. The van der Waals surface area contributed by atoms with E-state index in [1.807, 2.05) is 0 Å². The summed E-state index contributed by atoms with van der Waals surface area (Å²) in [6.45, 7) is 0.767.